The molecule has 1 N–H and O–H groups in total. The highest BCUT2D eigenvalue weighted by Crippen LogP contribution is 2.23. The van der Waals surface area contributed by atoms with Crippen LogP contribution in [-0.2, 0) is 0 Å². The van der Waals surface area contributed by atoms with E-state index in [1.165, 1.54) is 0 Å². The summed E-state index contributed by atoms with van der Waals surface area (Å²) in [5.41, 5.74) is 0.674. The van der Waals surface area contributed by atoms with Crippen LogP contribution in [0.1, 0.15) is 25.1 Å². The van der Waals surface area contributed by atoms with E-state index in [0.717, 1.165) is 9.32 Å². The third-order valence-corrected chi connectivity index (χ3v) is 3.19. The van der Waals surface area contributed by atoms with Crippen molar-refractivity contribution in [1.82, 2.24) is 4.98 Å². The molecule has 18 heavy (non-hydrogen) atoms. The summed E-state index contributed by atoms with van der Waals surface area (Å²) in [6.45, 7) is 1.92. The highest BCUT2D eigenvalue weighted by molar-refractivity contribution is 14.1. The van der Waals surface area contributed by atoms with Crippen molar-refractivity contribution in [3.63, 3.8) is 0 Å². The highest BCUT2D eigenvalue weighted by atomic mass is 127. The zero-order valence-electron chi connectivity index (χ0n) is 10.0. The summed E-state index contributed by atoms with van der Waals surface area (Å²) in [6, 6.07) is 11.4. The number of halogens is 1. The molecule has 1 unspecified atom stereocenters. The Bertz CT molecular complexity index is 513. The van der Waals surface area contributed by atoms with E-state index in [2.05, 4.69) is 27.6 Å². The van der Waals surface area contributed by atoms with E-state index in [-0.39, 0.29) is 0 Å². The van der Waals surface area contributed by atoms with Crippen molar-refractivity contribution >= 4 is 22.6 Å². The van der Waals surface area contributed by atoms with Gasteiger partial charge in [-0.25, -0.2) is 0 Å². The van der Waals surface area contributed by atoms with Gasteiger partial charge in [0, 0.05) is 3.57 Å². The first-order valence-electron chi connectivity index (χ1n) is 5.76. The van der Waals surface area contributed by atoms with Gasteiger partial charge in [-0.1, -0.05) is 13.0 Å². The summed E-state index contributed by atoms with van der Waals surface area (Å²) in [5, 5.41) is 9.64. The number of aromatic nitrogens is 1. The molecule has 2 aromatic rings. The first-order chi connectivity index (χ1) is 8.69. The molecule has 0 bridgehead atoms. The predicted molar refractivity (Wildman–Crippen MR) is 78.7 cm³/mol. The molecule has 4 heteroatoms. The van der Waals surface area contributed by atoms with Gasteiger partial charge in [0.15, 0.2) is 0 Å². The number of rotatable bonds is 4. The minimum atomic E-state index is -0.503. The van der Waals surface area contributed by atoms with Crippen molar-refractivity contribution < 1.29 is 9.84 Å². The molecule has 1 aromatic heterocycles. The van der Waals surface area contributed by atoms with Crippen LogP contribution in [0.2, 0.25) is 0 Å². The van der Waals surface area contributed by atoms with Crippen LogP contribution < -0.4 is 4.74 Å². The lowest BCUT2D eigenvalue weighted by molar-refractivity contribution is 0.169. The highest BCUT2D eigenvalue weighted by Gasteiger charge is 2.06. The van der Waals surface area contributed by atoms with Crippen molar-refractivity contribution in [2.24, 2.45) is 0 Å². The molecule has 0 amide bonds. The van der Waals surface area contributed by atoms with Crippen LogP contribution in [0.3, 0.4) is 0 Å². The van der Waals surface area contributed by atoms with Crippen LogP contribution in [-0.4, -0.2) is 10.1 Å². The SMILES string of the molecule is CCC(O)c1ccc(Oc2cccc(I)c2)cn1. The standard InChI is InChI=1S/C14H14INO2/c1-2-14(17)13-7-6-12(9-16-13)18-11-5-3-4-10(15)8-11/h3-9,14,17H,2H2,1H3. The zero-order chi connectivity index (χ0) is 13.0. The van der Waals surface area contributed by atoms with Crippen LogP contribution in [0, 0.1) is 3.57 Å². The number of nitrogens with zero attached hydrogens (tertiary/aromatic N) is 1. The second-order valence-corrected chi connectivity index (χ2v) is 5.15. The largest absolute Gasteiger partial charge is 0.456 e. The van der Waals surface area contributed by atoms with Gasteiger partial charge in [0.2, 0.25) is 0 Å². The molecule has 1 heterocycles. The number of hydrogen-bond acceptors (Lipinski definition) is 3. The summed E-state index contributed by atoms with van der Waals surface area (Å²) in [6.07, 6.45) is 1.79. The number of ether oxygens (including phenoxy) is 1. The normalized spacial score (nSPS) is 12.2. The van der Waals surface area contributed by atoms with Gasteiger partial charge in [-0.05, 0) is 59.3 Å². The van der Waals surface area contributed by atoms with Crippen LogP contribution >= 0.6 is 22.6 Å². The Morgan fingerprint density at radius 1 is 1.28 bits per heavy atom. The smallest absolute Gasteiger partial charge is 0.145 e. The lowest BCUT2D eigenvalue weighted by Gasteiger charge is -2.09. The molecule has 0 saturated heterocycles. The molecule has 3 nitrogen and oxygen atoms in total. The number of benzene rings is 1. The first-order valence-corrected chi connectivity index (χ1v) is 6.84. The van der Waals surface area contributed by atoms with Gasteiger partial charge >= 0.3 is 0 Å². The molecule has 0 saturated carbocycles. The molecule has 0 fully saturated rings. The minimum Gasteiger partial charge on any atom is -0.456 e. The van der Waals surface area contributed by atoms with Crippen LogP contribution in [0.4, 0.5) is 0 Å². The van der Waals surface area contributed by atoms with Gasteiger partial charge in [-0.15, -0.1) is 0 Å². The lowest BCUT2D eigenvalue weighted by atomic mass is 10.2. The predicted octanol–water partition coefficient (Wildman–Crippen LogP) is 3.92. The van der Waals surface area contributed by atoms with E-state index < -0.39 is 6.10 Å². The van der Waals surface area contributed by atoms with Crippen molar-refractivity contribution in [2.45, 2.75) is 19.4 Å². The van der Waals surface area contributed by atoms with E-state index >= 15 is 0 Å². The Balaban J connectivity index is 2.11. The van der Waals surface area contributed by atoms with E-state index in [1.807, 2.05) is 37.3 Å². The summed E-state index contributed by atoms with van der Waals surface area (Å²) < 4.78 is 6.80. The van der Waals surface area contributed by atoms with E-state index in [0.29, 0.717) is 17.9 Å². The topological polar surface area (TPSA) is 42.4 Å². The Morgan fingerprint density at radius 2 is 2.11 bits per heavy atom. The van der Waals surface area contributed by atoms with Gasteiger partial charge in [-0.2, -0.15) is 0 Å². The van der Waals surface area contributed by atoms with Gasteiger partial charge in [0.1, 0.15) is 11.5 Å². The molecule has 0 aliphatic rings. The molecule has 0 spiro atoms. The third kappa shape index (κ3) is 3.43. The second-order valence-electron chi connectivity index (χ2n) is 3.90. The van der Waals surface area contributed by atoms with Gasteiger partial charge < -0.3 is 9.84 Å². The Kier molecular flexibility index (Phi) is 4.54. The number of hydrogen-bond donors (Lipinski definition) is 1. The van der Waals surface area contributed by atoms with Crippen molar-refractivity contribution in [3.8, 4) is 11.5 Å². The fourth-order valence-electron chi connectivity index (χ4n) is 1.52. The monoisotopic (exact) mass is 355 g/mol. The van der Waals surface area contributed by atoms with Crippen molar-refractivity contribution in [2.75, 3.05) is 0 Å². The number of aliphatic hydroxyl groups is 1. The summed E-state index contributed by atoms with van der Waals surface area (Å²) in [7, 11) is 0. The molecule has 0 aliphatic heterocycles. The fraction of sp³-hybridized carbons (Fsp3) is 0.214. The summed E-state index contributed by atoms with van der Waals surface area (Å²) in [4.78, 5) is 4.19. The summed E-state index contributed by atoms with van der Waals surface area (Å²) >= 11 is 2.24. The minimum absolute atomic E-state index is 0.503. The maximum atomic E-state index is 9.64. The maximum Gasteiger partial charge on any atom is 0.145 e. The molecule has 1 atom stereocenters. The van der Waals surface area contributed by atoms with Crippen molar-refractivity contribution in [1.29, 1.82) is 0 Å². The molecule has 0 aliphatic carbocycles. The molecular formula is C14H14INO2. The van der Waals surface area contributed by atoms with Crippen LogP contribution in [0.15, 0.2) is 42.6 Å². The zero-order valence-corrected chi connectivity index (χ0v) is 12.2. The molecule has 0 radical (unpaired) electrons. The van der Waals surface area contributed by atoms with E-state index in [4.69, 9.17) is 4.74 Å². The van der Waals surface area contributed by atoms with Gasteiger partial charge in [0.25, 0.3) is 0 Å². The summed E-state index contributed by atoms with van der Waals surface area (Å²) in [5.74, 6) is 1.46. The number of aliphatic hydroxyl groups excluding tert-OH is 1. The average molecular weight is 355 g/mol. The first kappa shape index (κ1) is 13.3. The quantitative estimate of drug-likeness (QED) is 0.846. The third-order valence-electron chi connectivity index (χ3n) is 2.52. The number of pyridine rings is 1. The van der Waals surface area contributed by atoms with Crippen LogP contribution in [0.25, 0.3) is 0 Å². The molecule has 2 rings (SSSR count). The van der Waals surface area contributed by atoms with Gasteiger partial charge in [0.05, 0.1) is 18.0 Å². The average Bonchev–Trinajstić information content (AvgIpc) is 2.39. The van der Waals surface area contributed by atoms with Crippen molar-refractivity contribution in [3.05, 3.63) is 51.9 Å². The molecular weight excluding hydrogens is 341 g/mol. The Hall–Kier alpha value is -1.14. The molecule has 1 aromatic carbocycles. The fourth-order valence-corrected chi connectivity index (χ4v) is 2.04. The second kappa shape index (κ2) is 6.15. The Labute approximate surface area is 120 Å². The van der Waals surface area contributed by atoms with Gasteiger partial charge in [-0.3, -0.25) is 4.98 Å². The van der Waals surface area contributed by atoms with Crippen LogP contribution in [0.5, 0.6) is 11.5 Å². The van der Waals surface area contributed by atoms with E-state index in [9.17, 15) is 5.11 Å². The Morgan fingerprint density at radius 3 is 2.72 bits per heavy atom. The van der Waals surface area contributed by atoms with E-state index in [1.54, 1.807) is 12.3 Å². The molecule has 94 valence electrons. The lowest BCUT2D eigenvalue weighted by Crippen LogP contribution is -1.98. The maximum absolute atomic E-state index is 9.64.